The zero-order chi connectivity index (χ0) is 24.4. The zero-order valence-electron chi connectivity index (χ0n) is 18.5. The van der Waals surface area contributed by atoms with Gasteiger partial charge in [0.05, 0.1) is 29.8 Å². The number of aliphatic hydroxyl groups excluding tert-OH is 1. The number of ether oxygens (including phenoxy) is 2. The van der Waals surface area contributed by atoms with E-state index in [-0.39, 0.29) is 30.6 Å². The van der Waals surface area contributed by atoms with Crippen molar-refractivity contribution in [1.29, 1.82) is 0 Å². The Morgan fingerprint density at radius 2 is 1.88 bits per heavy atom. The molecule has 0 aromatic heterocycles. The number of alkyl halides is 3. The van der Waals surface area contributed by atoms with Gasteiger partial charge in [-0.25, -0.2) is 13.2 Å². The van der Waals surface area contributed by atoms with Crippen molar-refractivity contribution >= 4 is 16.1 Å². The lowest BCUT2D eigenvalue weighted by Crippen LogP contribution is -2.50. The summed E-state index contributed by atoms with van der Waals surface area (Å²) in [6, 6.07) is 7.43. The second-order valence-corrected chi connectivity index (χ2v) is 10.5. The molecule has 2 saturated heterocycles. The van der Waals surface area contributed by atoms with Gasteiger partial charge in [0.25, 0.3) is 0 Å². The van der Waals surface area contributed by atoms with Crippen LogP contribution in [0.1, 0.15) is 33.1 Å². The smallest absolute Gasteiger partial charge is 0.427 e. The van der Waals surface area contributed by atoms with Crippen LogP contribution < -0.4 is 0 Å². The van der Waals surface area contributed by atoms with Crippen LogP contribution in [-0.2, 0) is 19.5 Å². The first-order valence-corrected chi connectivity index (χ1v) is 12.2. The molecule has 1 aromatic rings. The molecule has 1 spiro atoms. The molecular weight excluding hydrogens is 465 g/mol. The number of carbonyl (C=O) groups excluding carboxylic acids is 1. The molecule has 3 rings (SSSR count). The molecule has 2 aliphatic heterocycles. The maximum atomic E-state index is 13.3. The summed E-state index contributed by atoms with van der Waals surface area (Å²) in [6.07, 6.45) is -7.48. The summed E-state index contributed by atoms with van der Waals surface area (Å²) in [4.78, 5) is 13.5. The lowest BCUT2D eigenvalue weighted by atomic mass is 9.87. The number of carbonyl (C=O) groups is 1. The Kier molecular flexibility index (Phi) is 7.62. The van der Waals surface area contributed by atoms with E-state index >= 15 is 0 Å². The van der Waals surface area contributed by atoms with Crippen LogP contribution >= 0.6 is 0 Å². The van der Waals surface area contributed by atoms with Gasteiger partial charge in [0.15, 0.2) is 0 Å². The van der Waals surface area contributed by atoms with E-state index in [1.807, 2.05) is 0 Å². The maximum absolute atomic E-state index is 13.3. The van der Waals surface area contributed by atoms with Gasteiger partial charge < -0.3 is 19.5 Å². The molecule has 2 atom stereocenters. The molecule has 1 amide bonds. The maximum Gasteiger partial charge on any atom is 0.427 e. The van der Waals surface area contributed by atoms with Crippen LogP contribution in [0.3, 0.4) is 0 Å². The molecule has 1 aromatic carbocycles. The number of hydrogen-bond acceptors (Lipinski definition) is 6. The molecule has 186 valence electrons. The van der Waals surface area contributed by atoms with Crippen molar-refractivity contribution < 1.29 is 41.0 Å². The molecule has 0 unspecified atom stereocenters. The van der Waals surface area contributed by atoms with E-state index in [0.29, 0.717) is 19.3 Å². The third-order valence-electron chi connectivity index (χ3n) is 6.08. The number of amides is 1. The van der Waals surface area contributed by atoms with Gasteiger partial charge in [-0.3, -0.25) is 0 Å². The van der Waals surface area contributed by atoms with Crippen molar-refractivity contribution in [3.8, 4) is 0 Å². The van der Waals surface area contributed by atoms with Crippen LogP contribution in [0.5, 0.6) is 0 Å². The van der Waals surface area contributed by atoms with E-state index in [4.69, 9.17) is 9.84 Å². The Morgan fingerprint density at radius 3 is 2.39 bits per heavy atom. The largest absolute Gasteiger partial charge is 0.434 e. The fraction of sp³-hybridized carbons (Fsp3) is 0.667. The lowest BCUT2D eigenvalue weighted by Gasteiger charge is -2.39. The fourth-order valence-corrected chi connectivity index (χ4v) is 6.27. The number of sulfonamides is 1. The summed E-state index contributed by atoms with van der Waals surface area (Å²) >= 11 is 0. The summed E-state index contributed by atoms with van der Waals surface area (Å²) in [6.45, 7) is 2.64. The molecule has 12 heteroatoms. The van der Waals surface area contributed by atoms with Gasteiger partial charge in [0.2, 0.25) is 16.1 Å². The second-order valence-electron chi connectivity index (χ2n) is 8.68. The van der Waals surface area contributed by atoms with Crippen molar-refractivity contribution in [2.24, 2.45) is 0 Å². The standard InChI is InChI=1S/C21H29F3N2O6S/c1-15(2)26(33(29,30)17-6-4-3-5-7-17)16-12-20(31-14-16)8-10-25(11-9-20)19(28)32-18(13-27)21(22,23)24/h3-7,15-16,18,27H,8-14H2,1-2H3/t16-,18-/m1/s1. The highest BCUT2D eigenvalue weighted by Crippen LogP contribution is 2.40. The molecule has 8 nitrogen and oxygen atoms in total. The van der Waals surface area contributed by atoms with E-state index in [1.165, 1.54) is 4.31 Å². The minimum absolute atomic E-state index is 0.106. The monoisotopic (exact) mass is 494 g/mol. The third kappa shape index (κ3) is 5.61. The van der Waals surface area contributed by atoms with Gasteiger partial charge in [-0.05, 0) is 45.2 Å². The number of likely N-dealkylation sites (tertiary alicyclic amines) is 1. The molecule has 0 saturated carbocycles. The predicted octanol–water partition coefficient (Wildman–Crippen LogP) is 2.77. The van der Waals surface area contributed by atoms with Crippen LogP contribution in [0.15, 0.2) is 35.2 Å². The minimum Gasteiger partial charge on any atom is -0.434 e. The van der Waals surface area contributed by atoms with Gasteiger partial charge in [-0.2, -0.15) is 17.5 Å². The van der Waals surface area contributed by atoms with Crippen molar-refractivity contribution in [1.82, 2.24) is 9.21 Å². The highest BCUT2D eigenvalue weighted by atomic mass is 32.2. The quantitative estimate of drug-likeness (QED) is 0.654. The Balaban J connectivity index is 1.65. The molecule has 33 heavy (non-hydrogen) atoms. The number of hydrogen-bond donors (Lipinski definition) is 1. The van der Waals surface area contributed by atoms with Crippen LogP contribution in [0.4, 0.5) is 18.0 Å². The normalized spacial score (nSPS) is 22.2. The van der Waals surface area contributed by atoms with E-state index in [9.17, 15) is 26.4 Å². The molecular formula is C21H29F3N2O6S. The van der Waals surface area contributed by atoms with Gasteiger partial charge in [0, 0.05) is 19.1 Å². The van der Waals surface area contributed by atoms with Crippen LogP contribution in [0.2, 0.25) is 0 Å². The summed E-state index contributed by atoms with van der Waals surface area (Å²) < 4.78 is 76.7. The first kappa shape index (κ1) is 25.7. The van der Waals surface area contributed by atoms with Crippen molar-refractivity contribution in [3.63, 3.8) is 0 Å². The van der Waals surface area contributed by atoms with Gasteiger partial charge >= 0.3 is 12.3 Å². The number of nitrogens with zero attached hydrogens (tertiary/aromatic N) is 2. The van der Waals surface area contributed by atoms with Crippen LogP contribution in [-0.4, -0.2) is 85.1 Å². The topological polar surface area (TPSA) is 96.4 Å². The summed E-state index contributed by atoms with van der Waals surface area (Å²) in [5.41, 5.74) is -0.665. The summed E-state index contributed by atoms with van der Waals surface area (Å²) in [5.74, 6) is 0. The lowest BCUT2D eigenvalue weighted by molar-refractivity contribution is -0.215. The number of aliphatic hydroxyl groups is 1. The number of rotatable bonds is 6. The Labute approximate surface area is 191 Å². The second kappa shape index (κ2) is 9.77. The summed E-state index contributed by atoms with van der Waals surface area (Å²) in [7, 11) is -3.76. The average molecular weight is 495 g/mol. The Bertz CT molecular complexity index is 918. The highest BCUT2D eigenvalue weighted by molar-refractivity contribution is 7.89. The first-order chi connectivity index (χ1) is 15.4. The van der Waals surface area contributed by atoms with E-state index in [0.717, 1.165) is 4.90 Å². The SMILES string of the molecule is CC(C)N([C@H]1COC2(CCN(C(=O)O[C@H](CO)C(F)(F)F)CC2)C1)S(=O)(=O)c1ccccc1. The molecule has 2 fully saturated rings. The van der Waals surface area contributed by atoms with Gasteiger partial charge in [-0.15, -0.1) is 0 Å². The molecule has 2 aliphatic rings. The van der Waals surface area contributed by atoms with Crippen LogP contribution in [0.25, 0.3) is 0 Å². The zero-order valence-corrected chi connectivity index (χ0v) is 19.3. The minimum atomic E-state index is -4.85. The van der Waals surface area contributed by atoms with Gasteiger partial charge in [0.1, 0.15) is 0 Å². The third-order valence-corrected chi connectivity index (χ3v) is 8.23. The van der Waals surface area contributed by atoms with Crippen molar-refractivity contribution in [3.05, 3.63) is 30.3 Å². The van der Waals surface area contributed by atoms with E-state index < -0.39 is 46.6 Å². The van der Waals surface area contributed by atoms with E-state index in [2.05, 4.69) is 4.74 Å². The Morgan fingerprint density at radius 1 is 1.27 bits per heavy atom. The highest BCUT2D eigenvalue weighted by Gasteiger charge is 2.49. The number of piperidine rings is 1. The average Bonchev–Trinajstić information content (AvgIpc) is 3.14. The van der Waals surface area contributed by atoms with Crippen LogP contribution in [0, 0.1) is 0 Å². The fourth-order valence-electron chi connectivity index (χ4n) is 4.44. The molecule has 0 bridgehead atoms. The van der Waals surface area contributed by atoms with Crippen molar-refractivity contribution in [2.75, 3.05) is 26.3 Å². The molecule has 0 aliphatic carbocycles. The number of benzene rings is 1. The molecule has 0 radical (unpaired) electrons. The first-order valence-electron chi connectivity index (χ1n) is 10.8. The predicted molar refractivity (Wildman–Crippen MR) is 112 cm³/mol. The number of halogens is 3. The molecule has 2 heterocycles. The van der Waals surface area contributed by atoms with E-state index in [1.54, 1.807) is 44.2 Å². The molecule has 1 N–H and O–H groups in total. The van der Waals surface area contributed by atoms with Crippen molar-refractivity contribution in [2.45, 2.75) is 68.0 Å². The summed E-state index contributed by atoms with van der Waals surface area (Å²) in [5, 5.41) is 8.86. The van der Waals surface area contributed by atoms with Gasteiger partial charge in [-0.1, -0.05) is 18.2 Å². The Hall–Kier alpha value is -1.89.